The maximum Gasteiger partial charge on any atom is 0.282 e. The summed E-state index contributed by atoms with van der Waals surface area (Å²) in [6, 6.07) is 8.67. The Morgan fingerprint density at radius 1 is 1.40 bits per heavy atom. The zero-order valence-corrected chi connectivity index (χ0v) is 14.0. The Kier molecular flexibility index (Phi) is 5.14. The third-order valence-corrected chi connectivity index (χ3v) is 3.94. The number of ether oxygens (including phenoxy) is 1. The number of hydrogen-bond acceptors (Lipinski definition) is 5. The van der Waals surface area contributed by atoms with Crippen LogP contribution in [0.25, 0.3) is 0 Å². The van der Waals surface area contributed by atoms with E-state index in [1.165, 1.54) is 6.20 Å². The maximum absolute atomic E-state index is 13.7. The van der Waals surface area contributed by atoms with Crippen LogP contribution >= 0.6 is 11.6 Å². The zero-order valence-electron chi connectivity index (χ0n) is 13.2. The summed E-state index contributed by atoms with van der Waals surface area (Å²) in [6.07, 6.45) is 2.86. The Bertz CT molecular complexity index is 811. The van der Waals surface area contributed by atoms with E-state index in [4.69, 9.17) is 22.1 Å². The van der Waals surface area contributed by atoms with Crippen molar-refractivity contribution in [1.82, 2.24) is 4.98 Å². The average molecular weight is 363 g/mol. The van der Waals surface area contributed by atoms with Gasteiger partial charge in [0.15, 0.2) is 11.5 Å². The number of pyridine rings is 1. The highest BCUT2D eigenvalue weighted by molar-refractivity contribution is 6.30. The number of amides is 1. The third-order valence-electron chi connectivity index (χ3n) is 3.73. The number of nitrogens with two attached hydrogens (primary N) is 1. The molecule has 0 bridgehead atoms. The quantitative estimate of drug-likeness (QED) is 0.855. The van der Waals surface area contributed by atoms with Gasteiger partial charge in [0.05, 0.1) is 11.1 Å². The lowest BCUT2D eigenvalue weighted by Gasteiger charge is -2.08. The van der Waals surface area contributed by atoms with Crippen molar-refractivity contribution in [3.63, 3.8) is 0 Å². The van der Waals surface area contributed by atoms with Gasteiger partial charge in [0.1, 0.15) is 6.61 Å². The van der Waals surface area contributed by atoms with Crippen molar-refractivity contribution in [3.05, 3.63) is 58.6 Å². The van der Waals surface area contributed by atoms with Gasteiger partial charge in [-0.3, -0.25) is 4.79 Å². The molecule has 1 aliphatic heterocycles. The van der Waals surface area contributed by atoms with Crippen molar-refractivity contribution in [2.75, 3.05) is 11.9 Å². The molecule has 0 unspecified atom stereocenters. The number of rotatable bonds is 5. The second kappa shape index (κ2) is 7.48. The third kappa shape index (κ3) is 4.45. The Morgan fingerprint density at radius 2 is 2.16 bits per heavy atom. The molecule has 2 aromatic rings. The second-order valence-electron chi connectivity index (χ2n) is 5.61. The first kappa shape index (κ1) is 17.2. The smallest absolute Gasteiger partial charge is 0.282 e. The van der Waals surface area contributed by atoms with Gasteiger partial charge in [-0.25, -0.2) is 14.4 Å². The fourth-order valence-electron chi connectivity index (χ4n) is 2.44. The van der Waals surface area contributed by atoms with Crippen LogP contribution in [-0.4, -0.2) is 29.6 Å². The highest BCUT2D eigenvalue weighted by Gasteiger charge is 2.16. The summed E-state index contributed by atoms with van der Waals surface area (Å²) < 4.78 is 18.8. The molecule has 0 aliphatic carbocycles. The monoisotopic (exact) mass is 362 g/mol. The highest BCUT2D eigenvalue weighted by atomic mass is 35.5. The van der Waals surface area contributed by atoms with Crippen LogP contribution in [0.1, 0.15) is 22.5 Å². The number of nitrogens with zero attached hydrogens (tertiary/aromatic N) is 2. The SMILES string of the molecule is NC1=N[C@@H](CCc2ccc(NC(=O)c3ncc(Cl)cc3F)cc2)CO1. The lowest BCUT2D eigenvalue weighted by Crippen LogP contribution is -2.15. The molecule has 1 aromatic heterocycles. The molecule has 0 fully saturated rings. The van der Waals surface area contributed by atoms with Crippen LogP contribution in [0.15, 0.2) is 41.5 Å². The molecule has 1 amide bonds. The van der Waals surface area contributed by atoms with E-state index >= 15 is 0 Å². The molecule has 1 aliphatic rings. The number of halogens is 2. The summed E-state index contributed by atoms with van der Waals surface area (Å²) in [5, 5.41) is 2.74. The van der Waals surface area contributed by atoms with Gasteiger partial charge in [0.2, 0.25) is 0 Å². The normalized spacial score (nSPS) is 16.2. The highest BCUT2D eigenvalue weighted by Crippen LogP contribution is 2.17. The van der Waals surface area contributed by atoms with Crippen LogP contribution in [0.4, 0.5) is 10.1 Å². The predicted octanol–water partition coefficient (Wildman–Crippen LogP) is 2.77. The fraction of sp³-hybridized carbons (Fsp3) is 0.235. The van der Waals surface area contributed by atoms with Crippen LogP contribution < -0.4 is 11.1 Å². The van der Waals surface area contributed by atoms with Gasteiger partial charge >= 0.3 is 0 Å². The van der Waals surface area contributed by atoms with Gasteiger partial charge in [-0.05, 0) is 36.6 Å². The largest absolute Gasteiger partial charge is 0.463 e. The van der Waals surface area contributed by atoms with E-state index in [1.807, 2.05) is 12.1 Å². The molecule has 0 saturated carbocycles. The average Bonchev–Trinajstić information content (AvgIpc) is 2.99. The summed E-state index contributed by atoms with van der Waals surface area (Å²) in [5.74, 6) is -1.39. The molecule has 0 saturated heterocycles. The molecule has 25 heavy (non-hydrogen) atoms. The molecule has 8 heteroatoms. The summed E-state index contributed by atoms with van der Waals surface area (Å²) in [7, 11) is 0. The number of aryl methyl sites for hydroxylation is 1. The summed E-state index contributed by atoms with van der Waals surface area (Å²) >= 11 is 5.63. The van der Waals surface area contributed by atoms with Crippen molar-refractivity contribution in [1.29, 1.82) is 0 Å². The molecule has 6 nitrogen and oxygen atoms in total. The van der Waals surface area contributed by atoms with E-state index in [0.29, 0.717) is 12.3 Å². The maximum atomic E-state index is 13.7. The van der Waals surface area contributed by atoms with E-state index in [-0.39, 0.29) is 22.8 Å². The number of nitrogens with one attached hydrogen (secondary N) is 1. The molecule has 2 heterocycles. The lowest BCUT2D eigenvalue weighted by atomic mass is 10.1. The fourth-order valence-corrected chi connectivity index (χ4v) is 2.59. The number of amidine groups is 1. The Hall–Kier alpha value is -2.67. The van der Waals surface area contributed by atoms with Gasteiger partial charge in [0, 0.05) is 11.9 Å². The van der Waals surface area contributed by atoms with Gasteiger partial charge in [-0.1, -0.05) is 23.7 Å². The van der Waals surface area contributed by atoms with Gasteiger partial charge in [-0.2, -0.15) is 0 Å². The summed E-state index contributed by atoms with van der Waals surface area (Å²) in [5.41, 5.74) is 6.82. The molecule has 0 radical (unpaired) electrons. The van der Waals surface area contributed by atoms with Crippen LogP contribution in [0.2, 0.25) is 5.02 Å². The molecule has 3 N–H and O–H groups in total. The minimum absolute atomic E-state index is 0.0818. The van der Waals surface area contributed by atoms with Crippen molar-refractivity contribution in [2.45, 2.75) is 18.9 Å². The topological polar surface area (TPSA) is 89.6 Å². The standard InChI is InChI=1S/C17H16ClFN4O2/c18-11-7-14(19)15(21-8-11)16(24)22-12-4-1-10(2-5-12)3-6-13-9-25-17(20)23-13/h1-2,4-5,7-8,13H,3,6,9H2,(H2,20,23)(H,22,24)/t13-/m0/s1. The molecule has 0 spiro atoms. The summed E-state index contributed by atoms with van der Waals surface area (Å²) in [4.78, 5) is 20.0. The molecule has 1 atom stereocenters. The van der Waals surface area contributed by atoms with Crippen LogP contribution in [-0.2, 0) is 11.2 Å². The lowest BCUT2D eigenvalue weighted by molar-refractivity contribution is 0.101. The Morgan fingerprint density at radius 3 is 2.80 bits per heavy atom. The predicted molar refractivity (Wildman–Crippen MR) is 93.3 cm³/mol. The number of hydrogen-bond donors (Lipinski definition) is 2. The van der Waals surface area contributed by atoms with Crippen LogP contribution in [0, 0.1) is 5.82 Å². The number of aliphatic imine (C=N–C) groups is 1. The van der Waals surface area contributed by atoms with E-state index in [1.54, 1.807) is 12.1 Å². The van der Waals surface area contributed by atoms with Crippen LogP contribution in [0.3, 0.4) is 0 Å². The van der Waals surface area contributed by atoms with Gasteiger partial charge < -0.3 is 15.8 Å². The van der Waals surface area contributed by atoms with E-state index in [0.717, 1.165) is 24.5 Å². The molecule has 130 valence electrons. The van der Waals surface area contributed by atoms with E-state index in [9.17, 15) is 9.18 Å². The first-order valence-electron chi connectivity index (χ1n) is 7.68. The number of carbonyl (C=O) groups is 1. The zero-order chi connectivity index (χ0) is 17.8. The first-order chi connectivity index (χ1) is 12.0. The Labute approximate surface area is 148 Å². The minimum Gasteiger partial charge on any atom is -0.463 e. The second-order valence-corrected chi connectivity index (χ2v) is 6.04. The number of aromatic nitrogens is 1. The van der Waals surface area contributed by atoms with Crippen LogP contribution in [0.5, 0.6) is 0 Å². The molecular formula is C17H16ClFN4O2. The van der Waals surface area contributed by atoms with Gasteiger partial charge in [-0.15, -0.1) is 0 Å². The minimum atomic E-state index is -0.764. The van der Waals surface area contributed by atoms with E-state index in [2.05, 4.69) is 15.3 Å². The number of anilines is 1. The number of carbonyl (C=O) groups excluding carboxylic acids is 1. The number of benzene rings is 1. The van der Waals surface area contributed by atoms with E-state index < -0.39 is 11.7 Å². The molecular weight excluding hydrogens is 347 g/mol. The molecule has 1 aromatic carbocycles. The van der Waals surface area contributed by atoms with Crippen molar-refractivity contribution < 1.29 is 13.9 Å². The van der Waals surface area contributed by atoms with Gasteiger partial charge in [0.25, 0.3) is 11.9 Å². The van der Waals surface area contributed by atoms with Crippen molar-refractivity contribution in [2.24, 2.45) is 10.7 Å². The molecule has 3 rings (SSSR count). The summed E-state index contributed by atoms with van der Waals surface area (Å²) in [6.45, 7) is 0.514. The Balaban J connectivity index is 1.57. The first-order valence-corrected chi connectivity index (χ1v) is 8.06. The van der Waals surface area contributed by atoms with Crippen molar-refractivity contribution in [3.8, 4) is 0 Å². The van der Waals surface area contributed by atoms with Crippen molar-refractivity contribution >= 4 is 29.2 Å².